The number of ether oxygens (including phenoxy) is 1. The van der Waals surface area contributed by atoms with Gasteiger partial charge in [-0.05, 0) is 24.3 Å². The molecule has 0 amide bonds. The summed E-state index contributed by atoms with van der Waals surface area (Å²) in [4.78, 5) is -0.162. The van der Waals surface area contributed by atoms with Crippen molar-refractivity contribution in [1.29, 1.82) is 0 Å². The highest BCUT2D eigenvalue weighted by molar-refractivity contribution is 7.89. The molecule has 1 aliphatic heterocycles. The van der Waals surface area contributed by atoms with Crippen LogP contribution < -0.4 is 10.6 Å². The minimum absolute atomic E-state index is 0.162. The standard InChI is InChI=1S/C18H19N5O4S2/c24-16-14(7-4-8-15(16)29(25,26)23-9-11-27-12-10-23)20-18-17(21-28-22-18)19-13-5-2-1-3-6-13/h1-8,24H,9-12H2,(H,19,21)(H,20,22). The SMILES string of the molecule is O=S(=O)(c1cccc(Nc2nsnc2Nc2ccccc2)c1O)N1CCOCC1. The van der Waals surface area contributed by atoms with E-state index in [1.807, 2.05) is 30.3 Å². The van der Waals surface area contributed by atoms with Crippen LogP contribution >= 0.6 is 11.7 Å². The molecule has 9 nitrogen and oxygen atoms in total. The number of phenolic OH excluding ortho intramolecular Hbond substituents is 1. The second-order valence-electron chi connectivity index (χ2n) is 6.25. The van der Waals surface area contributed by atoms with Crippen LogP contribution in [0, 0.1) is 0 Å². The molecule has 3 aromatic rings. The molecule has 4 rings (SSSR count). The number of benzene rings is 2. The van der Waals surface area contributed by atoms with Crippen LogP contribution in [0.2, 0.25) is 0 Å². The number of rotatable bonds is 6. The van der Waals surface area contributed by atoms with E-state index in [0.717, 1.165) is 17.4 Å². The summed E-state index contributed by atoms with van der Waals surface area (Å²) in [6.45, 7) is 1.16. The van der Waals surface area contributed by atoms with E-state index in [1.165, 1.54) is 10.4 Å². The van der Waals surface area contributed by atoms with Crippen LogP contribution in [-0.2, 0) is 14.8 Å². The van der Waals surface area contributed by atoms with Crippen LogP contribution in [0.4, 0.5) is 23.0 Å². The van der Waals surface area contributed by atoms with Crippen molar-refractivity contribution in [3.8, 4) is 5.75 Å². The second-order valence-corrected chi connectivity index (χ2v) is 8.68. The fraction of sp³-hybridized carbons (Fsp3) is 0.222. The number of aromatic nitrogens is 2. The zero-order valence-corrected chi connectivity index (χ0v) is 16.9. The van der Waals surface area contributed by atoms with Gasteiger partial charge in [-0.3, -0.25) is 0 Å². The third kappa shape index (κ3) is 4.17. The van der Waals surface area contributed by atoms with E-state index in [4.69, 9.17) is 4.74 Å². The topological polar surface area (TPSA) is 117 Å². The first-order chi connectivity index (χ1) is 14.1. The fourth-order valence-corrected chi connectivity index (χ4v) is 4.88. The van der Waals surface area contributed by atoms with E-state index < -0.39 is 10.0 Å². The molecular weight excluding hydrogens is 414 g/mol. The molecule has 0 bridgehead atoms. The number of phenols is 1. The molecule has 29 heavy (non-hydrogen) atoms. The first kappa shape index (κ1) is 19.6. The lowest BCUT2D eigenvalue weighted by atomic mass is 10.3. The molecular formula is C18H19N5O4S2. The van der Waals surface area contributed by atoms with Crippen LogP contribution in [0.5, 0.6) is 5.75 Å². The van der Waals surface area contributed by atoms with Gasteiger partial charge in [-0.15, -0.1) is 0 Å². The highest BCUT2D eigenvalue weighted by Gasteiger charge is 2.29. The number of nitrogens with zero attached hydrogens (tertiary/aromatic N) is 3. The zero-order valence-electron chi connectivity index (χ0n) is 15.3. The molecule has 0 saturated carbocycles. The smallest absolute Gasteiger partial charge is 0.246 e. The molecule has 0 radical (unpaired) electrons. The Bertz CT molecular complexity index is 1080. The Kier molecular flexibility index (Phi) is 5.62. The quantitative estimate of drug-likeness (QED) is 0.508. The van der Waals surface area contributed by atoms with Gasteiger partial charge in [0.25, 0.3) is 0 Å². The lowest BCUT2D eigenvalue weighted by Gasteiger charge is -2.26. The molecule has 3 N–H and O–H groups in total. The van der Waals surface area contributed by atoms with E-state index in [1.54, 1.807) is 12.1 Å². The summed E-state index contributed by atoms with van der Waals surface area (Å²) in [6, 6.07) is 14.0. The summed E-state index contributed by atoms with van der Waals surface area (Å²) in [5.41, 5.74) is 1.05. The number of morpholine rings is 1. The van der Waals surface area contributed by atoms with E-state index in [0.29, 0.717) is 24.8 Å². The third-order valence-electron chi connectivity index (χ3n) is 4.37. The normalized spacial score (nSPS) is 15.2. The lowest BCUT2D eigenvalue weighted by molar-refractivity contribution is 0.0729. The van der Waals surface area contributed by atoms with Crippen molar-refractivity contribution in [2.24, 2.45) is 0 Å². The molecule has 1 aromatic heterocycles. The highest BCUT2D eigenvalue weighted by Crippen LogP contribution is 2.36. The first-order valence-electron chi connectivity index (χ1n) is 8.87. The van der Waals surface area contributed by atoms with Gasteiger partial charge in [0.15, 0.2) is 17.4 Å². The largest absolute Gasteiger partial charge is 0.504 e. The molecule has 0 atom stereocenters. The molecule has 1 aliphatic rings. The summed E-state index contributed by atoms with van der Waals surface area (Å²) in [6.07, 6.45) is 0. The van der Waals surface area contributed by atoms with Gasteiger partial charge >= 0.3 is 0 Å². The van der Waals surface area contributed by atoms with Crippen LogP contribution in [-0.4, -0.2) is 52.9 Å². The van der Waals surface area contributed by atoms with Crippen molar-refractivity contribution < 1.29 is 18.3 Å². The van der Waals surface area contributed by atoms with Crippen molar-refractivity contribution in [3.05, 3.63) is 48.5 Å². The monoisotopic (exact) mass is 433 g/mol. The molecule has 2 aromatic carbocycles. The minimum atomic E-state index is -3.84. The summed E-state index contributed by atoms with van der Waals surface area (Å²) in [5, 5.41) is 16.8. The van der Waals surface area contributed by atoms with Crippen LogP contribution in [0.25, 0.3) is 0 Å². The van der Waals surface area contributed by atoms with Gasteiger partial charge in [0, 0.05) is 18.8 Å². The van der Waals surface area contributed by atoms with Gasteiger partial charge in [0.2, 0.25) is 10.0 Å². The van der Waals surface area contributed by atoms with Gasteiger partial charge in [0.1, 0.15) is 4.90 Å². The molecule has 0 unspecified atom stereocenters. The average molecular weight is 434 g/mol. The molecule has 11 heteroatoms. The zero-order chi connectivity index (χ0) is 20.3. The number of sulfonamides is 1. The highest BCUT2D eigenvalue weighted by atomic mass is 32.2. The van der Waals surface area contributed by atoms with Crippen LogP contribution in [0.15, 0.2) is 53.4 Å². The molecule has 2 heterocycles. The maximum atomic E-state index is 12.9. The Morgan fingerprint density at radius 1 is 0.966 bits per heavy atom. The number of para-hydroxylation sites is 2. The minimum Gasteiger partial charge on any atom is -0.504 e. The average Bonchev–Trinajstić information content (AvgIpc) is 3.17. The number of hydrogen-bond donors (Lipinski definition) is 3. The Morgan fingerprint density at radius 2 is 1.66 bits per heavy atom. The van der Waals surface area contributed by atoms with E-state index in [2.05, 4.69) is 19.4 Å². The van der Waals surface area contributed by atoms with E-state index in [-0.39, 0.29) is 29.4 Å². The molecule has 152 valence electrons. The van der Waals surface area contributed by atoms with Crippen molar-refractivity contribution in [1.82, 2.24) is 13.1 Å². The first-order valence-corrected chi connectivity index (χ1v) is 11.0. The second kappa shape index (κ2) is 8.33. The Morgan fingerprint density at radius 3 is 2.38 bits per heavy atom. The Labute approximate surface area is 172 Å². The predicted molar refractivity (Wildman–Crippen MR) is 111 cm³/mol. The Hall–Kier alpha value is -2.73. The number of nitrogens with one attached hydrogen (secondary N) is 2. The van der Waals surface area contributed by atoms with Crippen LogP contribution in [0.3, 0.4) is 0 Å². The van der Waals surface area contributed by atoms with Crippen molar-refractivity contribution in [2.75, 3.05) is 36.9 Å². The fourth-order valence-electron chi connectivity index (χ4n) is 2.90. The van der Waals surface area contributed by atoms with Gasteiger partial charge in [-0.2, -0.15) is 13.1 Å². The van der Waals surface area contributed by atoms with Crippen molar-refractivity contribution in [3.63, 3.8) is 0 Å². The van der Waals surface area contributed by atoms with Gasteiger partial charge in [-0.1, -0.05) is 24.3 Å². The van der Waals surface area contributed by atoms with E-state index in [9.17, 15) is 13.5 Å². The van der Waals surface area contributed by atoms with Gasteiger partial charge < -0.3 is 20.5 Å². The van der Waals surface area contributed by atoms with Crippen LogP contribution in [0.1, 0.15) is 0 Å². The molecule has 0 aliphatic carbocycles. The summed E-state index contributed by atoms with van der Waals surface area (Å²) >= 11 is 0.996. The molecule has 0 spiro atoms. The molecule has 1 fully saturated rings. The molecule has 1 saturated heterocycles. The van der Waals surface area contributed by atoms with Gasteiger partial charge in [0.05, 0.1) is 30.6 Å². The van der Waals surface area contributed by atoms with E-state index >= 15 is 0 Å². The number of hydrogen-bond acceptors (Lipinski definition) is 9. The number of aromatic hydroxyl groups is 1. The maximum absolute atomic E-state index is 12.9. The summed E-state index contributed by atoms with van der Waals surface area (Å²) in [7, 11) is -3.84. The predicted octanol–water partition coefficient (Wildman–Crippen LogP) is 2.75. The summed E-state index contributed by atoms with van der Waals surface area (Å²) in [5.74, 6) is 0.495. The Balaban J connectivity index is 1.60. The van der Waals surface area contributed by atoms with Crippen molar-refractivity contribution >= 4 is 44.8 Å². The number of anilines is 4. The van der Waals surface area contributed by atoms with Gasteiger partial charge in [-0.25, -0.2) is 8.42 Å². The summed E-state index contributed by atoms with van der Waals surface area (Å²) < 4.78 is 40.8. The van der Waals surface area contributed by atoms with Crippen molar-refractivity contribution in [2.45, 2.75) is 4.90 Å². The maximum Gasteiger partial charge on any atom is 0.246 e. The lowest BCUT2D eigenvalue weighted by Crippen LogP contribution is -2.40. The third-order valence-corrected chi connectivity index (χ3v) is 6.82.